The van der Waals surface area contributed by atoms with Crippen LogP contribution in [0.3, 0.4) is 0 Å². The molecule has 0 fully saturated rings. The van der Waals surface area contributed by atoms with Crippen LogP contribution < -0.4 is 16.7 Å². The van der Waals surface area contributed by atoms with Crippen LogP contribution in [0, 0.1) is 0 Å². The molecule has 10 heteroatoms. The quantitative estimate of drug-likeness (QED) is 0.0564. The van der Waals surface area contributed by atoms with Crippen LogP contribution in [0.15, 0.2) is 176 Å². The zero-order valence-electron chi connectivity index (χ0n) is 42.2. The van der Waals surface area contributed by atoms with Crippen molar-refractivity contribution < 1.29 is 4.79 Å². The molecule has 0 aliphatic rings. The fourth-order valence-corrected chi connectivity index (χ4v) is 5.12. The van der Waals surface area contributed by atoms with E-state index in [0.29, 0.717) is 6.42 Å². The number of carbonyl (C=O) groups is 1. The molecule has 4 aromatic heterocycles. The van der Waals surface area contributed by atoms with Gasteiger partial charge in [-0.1, -0.05) is 174 Å². The fraction of sp³-hybridized carbons (Fsp3) is 0.309. The van der Waals surface area contributed by atoms with E-state index < -0.39 is 0 Å². The van der Waals surface area contributed by atoms with Gasteiger partial charge in [-0.05, 0) is 65.7 Å². The Morgan fingerprint density at radius 1 is 0.523 bits per heavy atom. The zero-order chi connectivity index (χ0) is 49.5. The molecule has 0 spiro atoms. The van der Waals surface area contributed by atoms with E-state index in [-0.39, 0.29) is 5.78 Å². The van der Waals surface area contributed by atoms with Gasteiger partial charge in [0.2, 0.25) is 0 Å². The number of ketones is 1. The van der Waals surface area contributed by atoms with Crippen LogP contribution in [0.2, 0.25) is 0 Å². The summed E-state index contributed by atoms with van der Waals surface area (Å²) in [7, 11) is 5.41. The molecule has 0 unspecified atom stereocenters. The van der Waals surface area contributed by atoms with Crippen molar-refractivity contribution in [2.24, 2.45) is 18.0 Å². The van der Waals surface area contributed by atoms with Gasteiger partial charge in [0.15, 0.2) is 5.78 Å². The number of hydrogen-bond acceptors (Lipinski definition) is 9. The average molecular weight is 884 g/mol. The van der Waals surface area contributed by atoms with Gasteiger partial charge in [-0.3, -0.25) is 35.7 Å². The highest BCUT2D eigenvalue weighted by molar-refractivity contribution is 6.01. The zero-order valence-corrected chi connectivity index (χ0v) is 42.2. The highest BCUT2D eigenvalue weighted by Gasteiger charge is 2.11. The Hall–Kier alpha value is -6.62. The Morgan fingerprint density at radius 2 is 0.892 bits per heavy atom. The molecule has 65 heavy (non-hydrogen) atoms. The number of benzene rings is 3. The first-order chi connectivity index (χ1) is 32.0. The molecule has 10 nitrogen and oxygen atoms in total. The summed E-state index contributed by atoms with van der Waals surface area (Å²) in [6, 6.07) is 41.5. The van der Waals surface area contributed by atoms with Gasteiger partial charge in [0, 0.05) is 87.0 Å². The molecular weight excluding hydrogens is 803 g/mol. The third-order valence-corrected chi connectivity index (χ3v) is 7.55. The predicted octanol–water partition coefficient (Wildman–Crippen LogP) is 13.1. The Morgan fingerprint density at radius 3 is 1.31 bits per heavy atom. The van der Waals surface area contributed by atoms with Gasteiger partial charge in [0.1, 0.15) is 5.69 Å². The molecule has 352 valence electrons. The Balaban J connectivity index is -0.000000774. The number of nitrogens with zero attached hydrogens (tertiary/aromatic N) is 6. The number of pyridine rings is 3. The van der Waals surface area contributed by atoms with Crippen LogP contribution in [0.5, 0.6) is 0 Å². The second-order valence-electron chi connectivity index (χ2n) is 11.5. The molecule has 4 heterocycles. The van der Waals surface area contributed by atoms with Crippen molar-refractivity contribution in [3.63, 3.8) is 0 Å². The molecule has 0 bridgehead atoms. The third-order valence-electron chi connectivity index (χ3n) is 7.55. The van der Waals surface area contributed by atoms with Crippen molar-refractivity contribution in [3.05, 3.63) is 193 Å². The van der Waals surface area contributed by atoms with Crippen LogP contribution in [0.25, 0.3) is 22.4 Å². The summed E-state index contributed by atoms with van der Waals surface area (Å²) in [5, 5.41) is 8.89. The Kier molecular flexibility index (Phi) is 43.8. The number of hydrazone groups is 1. The van der Waals surface area contributed by atoms with Crippen molar-refractivity contribution in [2.45, 2.75) is 95.9 Å². The normalized spacial score (nSPS) is 8.95. The van der Waals surface area contributed by atoms with E-state index in [2.05, 4.69) is 66.1 Å². The lowest BCUT2D eigenvalue weighted by Crippen LogP contribution is -2.13. The van der Waals surface area contributed by atoms with E-state index in [0.717, 1.165) is 51.2 Å². The first-order valence-corrected chi connectivity index (χ1v) is 23.0. The number of aromatic nitrogens is 5. The Labute approximate surface area is 393 Å². The van der Waals surface area contributed by atoms with E-state index in [1.54, 1.807) is 44.2 Å². The van der Waals surface area contributed by atoms with Crippen molar-refractivity contribution in [2.75, 3.05) is 14.1 Å². The van der Waals surface area contributed by atoms with Crippen molar-refractivity contribution in [1.82, 2.24) is 35.6 Å². The number of Topliss-reactive ketones (excluding diaryl/α,β-unsaturated/α-hetero) is 1. The standard InChI is InChI=1S/C15H13N3.C14H15N3.C13H11NO.6C2H6.CH6N2/c1-18-11-14(12-7-9-16-10-8-12)15(17-18)13-5-3-2-4-6-13;1-15-17-14(13-5-3-2-4-6-13)11-12-7-9-16-10-8-12;15-13(12-4-2-1-3-5-12)10-11-6-8-14-9-7-11;6*1-2;1-3-2/h2-11H,1H3;2-10,15H,11H2,1H3;1-9H,10H2;6*1-2H3;3H,2H2,1H3/b;17-14+;;;;;;;;. The lowest BCUT2D eigenvalue weighted by Gasteiger charge is -2.06. The number of nitrogens with one attached hydrogen (secondary N) is 2. The molecule has 0 saturated heterocycles. The fourth-order valence-electron chi connectivity index (χ4n) is 5.12. The number of hydrogen-bond donors (Lipinski definition) is 3. The minimum Gasteiger partial charge on any atom is -0.313 e. The highest BCUT2D eigenvalue weighted by Crippen LogP contribution is 2.30. The van der Waals surface area contributed by atoms with Gasteiger partial charge < -0.3 is 5.43 Å². The van der Waals surface area contributed by atoms with Crippen LogP contribution >= 0.6 is 0 Å². The SMILES string of the molecule is CC.CC.CC.CC.CC.CC.CN/N=C(\Cc1ccncc1)c1ccccc1.CNN.Cn1cc(-c2ccncc2)c(-c2ccccc2)n1.O=C(Cc1ccncc1)c1ccccc1. The number of hydrazine groups is 1. The van der Waals surface area contributed by atoms with Gasteiger partial charge in [-0.25, -0.2) is 0 Å². The van der Waals surface area contributed by atoms with E-state index in [1.165, 1.54) is 5.56 Å². The van der Waals surface area contributed by atoms with Gasteiger partial charge in [-0.2, -0.15) is 10.2 Å². The molecule has 0 radical (unpaired) electrons. The molecule has 7 aromatic rings. The van der Waals surface area contributed by atoms with Crippen LogP contribution in [-0.2, 0) is 19.9 Å². The summed E-state index contributed by atoms with van der Waals surface area (Å²) >= 11 is 0. The lowest BCUT2D eigenvalue weighted by molar-refractivity contribution is 0.0993. The average Bonchev–Trinajstić information content (AvgIpc) is 3.81. The topological polar surface area (TPSA) is 136 Å². The maximum absolute atomic E-state index is 11.8. The molecule has 7 rings (SSSR count). The van der Waals surface area contributed by atoms with Crippen LogP contribution in [0.1, 0.15) is 110 Å². The molecular formula is C55H81N9O. The second kappa shape index (κ2) is 45.4. The molecule has 0 atom stereocenters. The number of aryl methyl sites for hydroxylation is 1. The van der Waals surface area contributed by atoms with E-state index >= 15 is 0 Å². The summed E-state index contributed by atoms with van der Waals surface area (Å²) < 4.78 is 1.85. The summed E-state index contributed by atoms with van der Waals surface area (Å²) in [5.74, 6) is 4.74. The van der Waals surface area contributed by atoms with Gasteiger partial charge in [0.05, 0.1) is 5.71 Å². The first-order valence-electron chi connectivity index (χ1n) is 23.0. The highest BCUT2D eigenvalue weighted by atomic mass is 16.1. The maximum atomic E-state index is 11.8. The molecule has 0 aliphatic carbocycles. The van der Waals surface area contributed by atoms with Crippen molar-refractivity contribution in [3.8, 4) is 22.4 Å². The Bertz CT molecular complexity index is 2000. The summed E-state index contributed by atoms with van der Waals surface area (Å²) in [6.07, 6.45) is 13.9. The summed E-state index contributed by atoms with van der Waals surface area (Å²) in [6.45, 7) is 24.0. The molecule has 0 amide bonds. The van der Waals surface area contributed by atoms with E-state index in [4.69, 9.17) is 0 Å². The first kappa shape index (κ1) is 62.7. The summed E-state index contributed by atoms with van der Waals surface area (Å²) in [4.78, 5) is 23.8. The molecule has 0 aliphatic heterocycles. The van der Waals surface area contributed by atoms with Crippen molar-refractivity contribution >= 4 is 11.5 Å². The number of nitrogens with two attached hydrogens (primary N) is 1. The largest absolute Gasteiger partial charge is 0.313 e. The van der Waals surface area contributed by atoms with Gasteiger partial charge in [-0.15, -0.1) is 0 Å². The smallest absolute Gasteiger partial charge is 0.167 e. The van der Waals surface area contributed by atoms with E-state index in [9.17, 15) is 4.79 Å². The summed E-state index contributed by atoms with van der Waals surface area (Å²) in [5.41, 5.74) is 14.6. The molecule has 0 saturated carbocycles. The molecule has 3 aromatic carbocycles. The minimum atomic E-state index is 0.141. The maximum Gasteiger partial charge on any atom is 0.167 e. The van der Waals surface area contributed by atoms with Crippen LogP contribution in [0.4, 0.5) is 0 Å². The monoisotopic (exact) mass is 884 g/mol. The third kappa shape index (κ3) is 27.2. The minimum absolute atomic E-state index is 0.141. The van der Waals surface area contributed by atoms with Crippen LogP contribution in [-0.4, -0.2) is 50.3 Å². The van der Waals surface area contributed by atoms with Gasteiger partial charge >= 0.3 is 0 Å². The van der Waals surface area contributed by atoms with Gasteiger partial charge in [0.25, 0.3) is 0 Å². The number of rotatable bonds is 9. The van der Waals surface area contributed by atoms with Crippen molar-refractivity contribution in [1.29, 1.82) is 0 Å². The number of carbonyl (C=O) groups excluding carboxylic acids is 1. The second-order valence-corrected chi connectivity index (χ2v) is 11.5. The molecule has 4 N–H and O–H groups in total. The predicted molar refractivity (Wildman–Crippen MR) is 282 cm³/mol. The van der Waals surface area contributed by atoms with E-state index in [1.807, 2.05) is 211 Å². The lowest BCUT2D eigenvalue weighted by atomic mass is 10.0.